The highest BCUT2D eigenvalue weighted by Crippen LogP contribution is 2.28. The first-order chi connectivity index (χ1) is 17.5. The molecule has 0 aromatic carbocycles. The lowest BCUT2D eigenvalue weighted by atomic mass is 9.82. The van der Waals surface area contributed by atoms with Crippen LogP contribution in [0.2, 0.25) is 0 Å². The highest BCUT2D eigenvalue weighted by Gasteiger charge is 2.45. The number of Topliss-reactive ketones (excluding diaryl/α,β-unsaturated/α-hetero) is 2. The molecule has 1 atom stereocenters. The van der Waals surface area contributed by atoms with Gasteiger partial charge in [0, 0.05) is 12.8 Å². The molecule has 0 saturated carbocycles. The van der Waals surface area contributed by atoms with E-state index in [1.165, 1.54) is 64.2 Å². The van der Waals surface area contributed by atoms with E-state index < -0.39 is 18.3 Å². The molecule has 0 aromatic rings. The minimum Gasteiger partial charge on any atom is -0.394 e. The lowest BCUT2D eigenvalue weighted by molar-refractivity contribution is -0.164. The maximum absolute atomic E-state index is 13.4. The summed E-state index contributed by atoms with van der Waals surface area (Å²) in [6, 6.07) is 0. The predicted molar refractivity (Wildman–Crippen MR) is 150 cm³/mol. The Hall–Kier alpha value is -0.780. The molecule has 0 amide bonds. The zero-order valence-corrected chi connectivity index (χ0v) is 24.2. The molecule has 0 fully saturated rings. The van der Waals surface area contributed by atoms with E-state index >= 15 is 0 Å². The minimum absolute atomic E-state index is 0.137. The van der Waals surface area contributed by atoms with E-state index in [0.717, 1.165) is 57.8 Å². The molecule has 0 aliphatic rings. The summed E-state index contributed by atoms with van der Waals surface area (Å²) in [4.78, 5) is 26.7. The second-order valence-corrected chi connectivity index (χ2v) is 10.7. The van der Waals surface area contributed by atoms with E-state index in [1.54, 1.807) is 0 Å². The standard InChI is InChI=1S/C31H60O5/c1-4-7-10-11-12-13-14-15-16-17-18-19-22-25-31(36-27-28(33)26-32,29(34)23-20-8-5-2)30(35)24-21-9-6-3/h28,32-33H,4-27H2,1-3H3. The van der Waals surface area contributed by atoms with Gasteiger partial charge in [0.2, 0.25) is 0 Å². The molecule has 0 saturated heterocycles. The van der Waals surface area contributed by atoms with Crippen molar-refractivity contribution in [2.75, 3.05) is 13.2 Å². The summed E-state index contributed by atoms with van der Waals surface area (Å²) in [6.45, 7) is 5.81. The van der Waals surface area contributed by atoms with Crippen molar-refractivity contribution in [1.82, 2.24) is 0 Å². The van der Waals surface area contributed by atoms with Crippen molar-refractivity contribution in [3.8, 4) is 0 Å². The minimum atomic E-state index is -1.46. The van der Waals surface area contributed by atoms with Crippen LogP contribution in [0.3, 0.4) is 0 Å². The molecule has 5 heteroatoms. The third-order valence-electron chi connectivity index (χ3n) is 7.28. The molecule has 0 aliphatic heterocycles. The summed E-state index contributed by atoms with van der Waals surface area (Å²) >= 11 is 0. The Morgan fingerprint density at radius 2 is 0.972 bits per heavy atom. The van der Waals surface area contributed by atoms with Crippen molar-refractivity contribution < 1.29 is 24.5 Å². The number of rotatable bonds is 28. The average molecular weight is 513 g/mol. The maximum Gasteiger partial charge on any atom is 0.184 e. The van der Waals surface area contributed by atoms with E-state index in [-0.39, 0.29) is 18.2 Å². The van der Waals surface area contributed by atoms with Gasteiger partial charge in [0.25, 0.3) is 0 Å². The summed E-state index contributed by atoms with van der Waals surface area (Å²) in [5.74, 6) is -0.275. The molecule has 214 valence electrons. The van der Waals surface area contributed by atoms with E-state index in [1.807, 2.05) is 0 Å². The number of ketones is 2. The van der Waals surface area contributed by atoms with Crippen molar-refractivity contribution >= 4 is 11.6 Å². The molecule has 2 N–H and O–H groups in total. The summed E-state index contributed by atoms with van der Waals surface area (Å²) in [5, 5.41) is 19.2. The Morgan fingerprint density at radius 1 is 0.611 bits per heavy atom. The molecule has 1 unspecified atom stereocenters. The van der Waals surface area contributed by atoms with Crippen molar-refractivity contribution in [1.29, 1.82) is 0 Å². The van der Waals surface area contributed by atoms with E-state index in [2.05, 4.69) is 20.8 Å². The van der Waals surface area contributed by atoms with Gasteiger partial charge in [0.05, 0.1) is 13.2 Å². The molecule has 0 heterocycles. The number of carbonyl (C=O) groups excluding carboxylic acids is 2. The average Bonchev–Trinajstić information content (AvgIpc) is 2.88. The van der Waals surface area contributed by atoms with Crippen molar-refractivity contribution in [2.45, 2.75) is 174 Å². The first-order valence-corrected chi connectivity index (χ1v) is 15.5. The molecule has 0 bridgehead atoms. The fraction of sp³-hybridized carbons (Fsp3) is 0.935. The molecule has 5 nitrogen and oxygen atoms in total. The van der Waals surface area contributed by atoms with Gasteiger partial charge in [0.1, 0.15) is 6.10 Å². The first kappa shape index (κ1) is 35.2. The normalized spacial score (nSPS) is 12.7. The van der Waals surface area contributed by atoms with Crippen LogP contribution in [-0.4, -0.2) is 46.7 Å². The quantitative estimate of drug-likeness (QED) is 0.0823. The number of hydrogen-bond acceptors (Lipinski definition) is 5. The van der Waals surface area contributed by atoms with Crippen LogP contribution >= 0.6 is 0 Å². The number of aliphatic hydroxyl groups is 2. The highest BCUT2D eigenvalue weighted by atomic mass is 16.5. The monoisotopic (exact) mass is 512 g/mol. The number of hydrogen-bond donors (Lipinski definition) is 2. The second kappa shape index (κ2) is 24.6. The number of carbonyl (C=O) groups is 2. The van der Waals surface area contributed by atoms with Crippen LogP contribution in [0.25, 0.3) is 0 Å². The summed E-state index contributed by atoms with van der Waals surface area (Å²) in [7, 11) is 0. The molecule has 0 aromatic heterocycles. The van der Waals surface area contributed by atoms with Crippen molar-refractivity contribution in [3.05, 3.63) is 0 Å². The Bertz CT molecular complexity index is 497. The van der Waals surface area contributed by atoms with Crippen molar-refractivity contribution in [3.63, 3.8) is 0 Å². The molecule has 0 aliphatic carbocycles. The van der Waals surface area contributed by atoms with E-state index in [9.17, 15) is 19.8 Å². The van der Waals surface area contributed by atoms with Gasteiger partial charge in [0.15, 0.2) is 17.2 Å². The molecule has 0 radical (unpaired) electrons. The third-order valence-corrected chi connectivity index (χ3v) is 7.28. The smallest absolute Gasteiger partial charge is 0.184 e. The molecule has 36 heavy (non-hydrogen) atoms. The number of aliphatic hydroxyl groups excluding tert-OH is 2. The van der Waals surface area contributed by atoms with Gasteiger partial charge in [-0.2, -0.15) is 0 Å². The fourth-order valence-electron chi connectivity index (χ4n) is 4.83. The van der Waals surface area contributed by atoms with Crippen LogP contribution in [0, 0.1) is 0 Å². The molecular formula is C31H60O5. The molecule has 0 spiro atoms. The molecular weight excluding hydrogens is 452 g/mol. The zero-order valence-electron chi connectivity index (χ0n) is 24.2. The van der Waals surface area contributed by atoms with Gasteiger partial charge >= 0.3 is 0 Å². The predicted octanol–water partition coefficient (Wildman–Crippen LogP) is 7.88. The SMILES string of the molecule is CCCCCCCCCCCCCCCC(OCC(O)CO)(C(=O)CCCCC)C(=O)CCCCC. The van der Waals surface area contributed by atoms with E-state index in [4.69, 9.17) is 4.74 Å². The van der Waals surface area contributed by atoms with E-state index in [0.29, 0.717) is 19.3 Å². The Kier molecular flexibility index (Phi) is 24.0. The number of unbranched alkanes of at least 4 members (excludes halogenated alkanes) is 16. The van der Waals surface area contributed by atoms with Gasteiger partial charge in [-0.15, -0.1) is 0 Å². The second-order valence-electron chi connectivity index (χ2n) is 10.7. The summed E-state index contributed by atoms with van der Waals surface area (Å²) in [5.41, 5.74) is -1.46. The van der Waals surface area contributed by atoms with Gasteiger partial charge in [-0.1, -0.05) is 124 Å². The maximum atomic E-state index is 13.4. The Morgan fingerprint density at radius 3 is 1.36 bits per heavy atom. The van der Waals surface area contributed by atoms with Crippen LogP contribution in [-0.2, 0) is 14.3 Å². The Labute approximate surface area is 223 Å². The summed E-state index contributed by atoms with van der Waals surface area (Å²) < 4.78 is 5.97. The zero-order chi connectivity index (χ0) is 26.9. The topological polar surface area (TPSA) is 83.8 Å². The van der Waals surface area contributed by atoms with Crippen LogP contribution in [0.5, 0.6) is 0 Å². The third kappa shape index (κ3) is 16.9. The lowest BCUT2D eigenvalue weighted by Gasteiger charge is -2.32. The van der Waals surface area contributed by atoms with Crippen LogP contribution in [0.4, 0.5) is 0 Å². The van der Waals surface area contributed by atoms with Crippen LogP contribution < -0.4 is 0 Å². The lowest BCUT2D eigenvalue weighted by Crippen LogP contribution is -2.50. The highest BCUT2D eigenvalue weighted by molar-refractivity contribution is 6.10. The first-order valence-electron chi connectivity index (χ1n) is 15.5. The fourth-order valence-corrected chi connectivity index (χ4v) is 4.83. The largest absolute Gasteiger partial charge is 0.394 e. The van der Waals surface area contributed by atoms with Crippen LogP contribution in [0.15, 0.2) is 0 Å². The van der Waals surface area contributed by atoms with Crippen LogP contribution in [0.1, 0.15) is 162 Å². The van der Waals surface area contributed by atoms with Gasteiger partial charge < -0.3 is 14.9 Å². The van der Waals surface area contributed by atoms with Gasteiger partial charge in [-0.3, -0.25) is 9.59 Å². The summed E-state index contributed by atoms with van der Waals surface area (Å²) in [6.07, 6.45) is 21.5. The van der Waals surface area contributed by atoms with Crippen molar-refractivity contribution in [2.24, 2.45) is 0 Å². The molecule has 0 rings (SSSR count). The van der Waals surface area contributed by atoms with Gasteiger partial charge in [-0.05, 0) is 25.7 Å². The number of ether oxygens (including phenoxy) is 1. The Balaban J connectivity index is 4.75. The van der Waals surface area contributed by atoms with Gasteiger partial charge in [-0.25, -0.2) is 0 Å².